The number of ether oxygens (including phenoxy) is 2. The molecule has 3 rings (SSSR count). The number of nitrogens with one attached hydrogen (secondary N) is 1. The summed E-state index contributed by atoms with van der Waals surface area (Å²) < 4.78 is 11.8. The van der Waals surface area contributed by atoms with Crippen LogP contribution >= 0.6 is 0 Å². The van der Waals surface area contributed by atoms with Crippen LogP contribution in [0.25, 0.3) is 0 Å². The maximum Gasteiger partial charge on any atom is 0.311 e. The number of hydrogen-bond acceptors (Lipinski definition) is 5. The molecule has 0 aromatic rings. The lowest BCUT2D eigenvalue weighted by atomic mass is 9.80. The van der Waals surface area contributed by atoms with Crippen LogP contribution in [0.5, 0.6) is 0 Å². The number of epoxide rings is 1. The molecule has 0 bridgehead atoms. The van der Waals surface area contributed by atoms with E-state index in [-0.39, 0.29) is 35.6 Å². The van der Waals surface area contributed by atoms with Crippen LogP contribution < -0.4 is 11.1 Å². The van der Waals surface area contributed by atoms with Crippen molar-refractivity contribution in [3.8, 4) is 0 Å². The highest BCUT2D eigenvalue weighted by Crippen LogP contribution is 2.50. The minimum Gasteiger partial charge on any atom is -0.459 e. The summed E-state index contributed by atoms with van der Waals surface area (Å²) in [6, 6.07) is 0. The molecule has 5 heteroatoms. The minimum atomic E-state index is -0.112. The van der Waals surface area contributed by atoms with Crippen molar-refractivity contribution in [1.82, 2.24) is 5.32 Å². The fraction of sp³-hybridized carbons (Fsp3) is 0.833. The maximum absolute atomic E-state index is 12.4. The Labute approximate surface area is 139 Å². The average Bonchev–Trinajstić information content (AvgIpc) is 3.08. The van der Waals surface area contributed by atoms with Gasteiger partial charge in [-0.25, -0.2) is 0 Å². The third-order valence-electron chi connectivity index (χ3n) is 5.66. The summed E-state index contributed by atoms with van der Waals surface area (Å²) in [5, 5.41) is 3.37. The van der Waals surface area contributed by atoms with Crippen LogP contribution in [0.3, 0.4) is 0 Å². The minimum absolute atomic E-state index is 0.0565. The zero-order valence-corrected chi connectivity index (χ0v) is 14.3. The predicted octanol–water partition coefficient (Wildman–Crippen LogP) is 1.76. The topological polar surface area (TPSA) is 76.9 Å². The molecule has 2 aliphatic heterocycles. The van der Waals surface area contributed by atoms with E-state index in [0.717, 1.165) is 38.6 Å². The van der Waals surface area contributed by atoms with Crippen LogP contribution in [-0.2, 0) is 14.3 Å². The summed E-state index contributed by atoms with van der Waals surface area (Å²) in [7, 11) is 0. The van der Waals surface area contributed by atoms with E-state index in [0.29, 0.717) is 13.1 Å². The number of esters is 1. The number of fused-ring (bicyclic) bond motifs is 3. The number of rotatable bonds is 5. The molecule has 0 amide bonds. The Morgan fingerprint density at radius 1 is 1.48 bits per heavy atom. The third kappa shape index (κ3) is 3.62. The lowest BCUT2D eigenvalue weighted by molar-refractivity contribution is -0.144. The summed E-state index contributed by atoms with van der Waals surface area (Å²) in [6.45, 7) is 6.56. The Balaban J connectivity index is 1.70. The van der Waals surface area contributed by atoms with Crippen LogP contribution in [0.4, 0.5) is 0 Å². The molecule has 2 fully saturated rings. The van der Waals surface area contributed by atoms with E-state index >= 15 is 0 Å². The van der Waals surface area contributed by atoms with Gasteiger partial charge in [0.15, 0.2) is 0 Å². The van der Waals surface area contributed by atoms with Crippen LogP contribution in [0.15, 0.2) is 11.6 Å². The first kappa shape index (κ1) is 16.9. The van der Waals surface area contributed by atoms with E-state index in [4.69, 9.17) is 15.2 Å². The van der Waals surface area contributed by atoms with Crippen molar-refractivity contribution < 1.29 is 14.3 Å². The zero-order chi connectivity index (χ0) is 16.4. The van der Waals surface area contributed by atoms with Gasteiger partial charge in [-0.3, -0.25) is 4.79 Å². The van der Waals surface area contributed by atoms with Crippen molar-refractivity contribution in [3.63, 3.8) is 0 Å². The molecule has 0 spiro atoms. The SMILES string of the molecule is C/C1=C\CC[C@@]2(C)O[C@H]2[C@H]2OC(=O)[C@@H](CNCCCN)[C@@H]2CC1. The van der Waals surface area contributed by atoms with Crippen LogP contribution in [0.1, 0.15) is 46.0 Å². The summed E-state index contributed by atoms with van der Waals surface area (Å²) in [5.41, 5.74) is 6.83. The van der Waals surface area contributed by atoms with E-state index in [1.54, 1.807) is 0 Å². The smallest absolute Gasteiger partial charge is 0.311 e. The van der Waals surface area contributed by atoms with E-state index < -0.39 is 0 Å². The molecule has 0 unspecified atom stereocenters. The van der Waals surface area contributed by atoms with Crippen molar-refractivity contribution in [2.45, 2.75) is 63.8 Å². The predicted molar refractivity (Wildman–Crippen MR) is 88.9 cm³/mol. The number of nitrogens with two attached hydrogens (primary N) is 1. The van der Waals surface area contributed by atoms with Crippen LogP contribution in [0.2, 0.25) is 0 Å². The Morgan fingerprint density at radius 3 is 3.09 bits per heavy atom. The molecule has 3 N–H and O–H groups in total. The summed E-state index contributed by atoms with van der Waals surface area (Å²) >= 11 is 0. The van der Waals surface area contributed by atoms with Gasteiger partial charge in [0.2, 0.25) is 0 Å². The maximum atomic E-state index is 12.4. The first-order chi connectivity index (χ1) is 11.0. The Hall–Kier alpha value is -0.910. The summed E-state index contributed by atoms with van der Waals surface area (Å²) in [4.78, 5) is 12.4. The molecule has 0 aromatic carbocycles. The molecule has 2 saturated heterocycles. The molecule has 3 aliphatic rings. The van der Waals surface area contributed by atoms with Gasteiger partial charge in [-0.1, -0.05) is 11.6 Å². The fourth-order valence-electron chi connectivity index (χ4n) is 4.06. The first-order valence-corrected chi connectivity index (χ1v) is 9.00. The van der Waals surface area contributed by atoms with E-state index in [9.17, 15) is 4.79 Å². The third-order valence-corrected chi connectivity index (χ3v) is 5.66. The van der Waals surface area contributed by atoms with Gasteiger partial charge in [-0.05, 0) is 59.0 Å². The van der Waals surface area contributed by atoms with Gasteiger partial charge in [0.25, 0.3) is 0 Å². The van der Waals surface area contributed by atoms with E-state index in [2.05, 4.69) is 25.2 Å². The quantitative estimate of drug-likeness (QED) is 0.349. The summed E-state index contributed by atoms with van der Waals surface area (Å²) in [6.07, 6.45) is 7.37. The van der Waals surface area contributed by atoms with E-state index in [1.165, 1.54) is 5.57 Å². The first-order valence-electron chi connectivity index (χ1n) is 9.00. The van der Waals surface area contributed by atoms with Gasteiger partial charge in [-0.2, -0.15) is 0 Å². The Kier molecular flexibility index (Phi) is 5.09. The lowest BCUT2D eigenvalue weighted by Crippen LogP contribution is -2.34. The zero-order valence-electron chi connectivity index (χ0n) is 14.3. The second-order valence-electron chi connectivity index (χ2n) is 7.50. The monoisotopic (exact) mass is 322 g/mol. The normalized spacial score (nSPS) is 42.2. The molecule has 5 nitrogen and oxygen atoms in total. The molecule has 0 radical (unpaired) electrons. The fourth-order valence-corrected chi connectivity index (χ4v) is 4.06. The van der Waals surface area contributed by atoms with Crippen LogP contribution in [-0.4, -0.2) is 43.4 Å². The second kappa shape index (κ2) is 6.91. The van der Waals surface area contributed by atoms with Gasteiger partial charge >= 0.3 is 5.97 Å². The highest BCUT2D eigenvalue weighted by molar-refractivity contribution is 5.75. The number of hydrogen-bond donors (Lipinski definition) is 2. The number of allylic oxidation sites excluding steroid dienone is 2. The van der Waals surface area contributed by atoms with Crippen molar-refractivity contribution in [2.75, 3.05) is 19.6 Å². The molecule has 130 valence electrons. The second-order valence-corrected chi connectivity index (χ2v) is 7.50. The average molecular weight is 322 g/mol. The molecular formula is C18H30N2O3. The Bertz CT molecular complexity index is 479. The number of carbonyl (C=O) groups excluding carboxylic acids is 1. The van der Waals surface area contributed by atoms with Crippen molar-refractivity contribution in [1.29, 1.82) is 0 Å². The summed E-state index contributed by atoms with van der Waals surface area (Å²) in [5.74, 6) is 0.138. The standard InChI is InChI=1S/C18H30N2O3/c1-12-5-3-8-18(2)16(23-18)15-13(7-6-12)14(17(21)22-15)11-20-10-4-9-19/h5,13-16,20H,3-4,6-11,19H2,1-2H3/b12-5+/t13-,14-,15-,16-,18+/m0/s1. The highest BCUT2D eigenvalue weighted by atomic mass is 16.6. The highest BCUT2D eigenvalue weighted by Gasteiger charge is 2.62. The molecule has 0 saturated carbocycles. The number of carbonyl (C=O) groups is 1. The van der Waals surface area contributed by atoms with Crippen molar-refractivity contribution in [2.24, 2.45) is 17.6 Å². The lowest BCUT2D eigenvalue weighted by Gasteiger charge is -2.22. The van der Waals surface area contributed by atoms with Gasteiger partial charge in [0.05, 0.1) is 11.5 Å². The van der Waals surface area contributed by atoms with Crippen molar-refractivity contribution in [3.05, 3.63) is 11.6 Å². The molecule has 23 heavy (non-hydrogen) atoms. The molecule has 2 heterocycles. The molecule has 5 atom stereocenters. The molecule has 0 aromatic heterocycles. The largest absolute Gasteiger partial charge is 0.459 e. The van der Waals surface area contributed by atoms with Gasteiger partial charge < -0.3 is 20.5 Å². The molecule has 1 aliphatic carbocycles. The van der Waals surface area contributed by atoms with Gasteiger partial charge in [0.1, 0.15) is 12.2 Å². The van der Waals surface area contributed by atoms with E-state index in [1.807, 2.05) is 0 Å². The van der Waals surface area contributed by atoms with Crippen molar-refractivity contribution >= 4 is 5.97 Å². The van der Waals surface area contributed by atoms with Gasteiger partial charge in [-0.15, -0.1) is 0 Å². The molecular weight excluding hydrogens is 292 g/mol. The van der Waals surface area contributed by atoms with Crippen LogP contribution in [0, 0.1) is 11.8 Å². The Morgan fingerprint density at radius 2 is 2.30 bits per heavy atom. The van der Waals surface area contributed by atoms with Gasteiger partial charge in [0, 0.05) is 12.5 Å².